The molecular formula is C15H20N2O3S. The Labute approximate surface area is 125 Å². The lowest BCUT2D eigenvalue weighted by Crippen LogP contribution is -2.45. The lowest BCUT2D eigenvalue weighted by molar-refractivity contribution is -0.121. The van der Waals surface area contributed by atoms with Gasteiger partial charge in [0.05, 0.1) is 11.0 Å². The molecule has 1 amide bonds. The molecule has 2 aliphatic heterocycles. The summed E-state index contributed by atoms with van der Waals surface area (Å²) < 4.78 is 24.4. The fourth-order valence-corrected chi connectivity index (χ4v) is 5.67. The third kappa shape index (κ3) is 2.82. The molecule has 1 aromatic rings. The number of benzene rings is 1. The Balaban J connectivity index is 1.78. The molecule has 0 unspecified atom stereocenters. The second-order valence-corrected chi connectivity index (χ2v) is 8.38. The molecule has 3 rings (SSSR count). The normalized spacial score (nSPS) is 31.6. The van der Waals surface area contributed by atoms with E-state index in [1.54, 1.807) is 0 Å². The SMILES string of the molecule is CN1C[C@H]2[C@@H](C1)S(=O)(=O)CC[C@H]2C(=O)Nc1ccccc1. The summed E-state index contributed by atoms with van der Waals surface area (Å²) >= 11 is 0. The van der Waals surface area contributed by atoms with Crippen LogP contribution in [0.3, 0.4) is 0 Å². The van der Waals surface area contributed by atoms with E-state index < -0.39 is 9.84 Å². The van der Waals surface area contributed by atoms with Crippen molar-refractivity contribution in [3.8, 4) is 0 Å². The van der Waals surface area contributed by atoms with Crippen molar-refractivity contribution >= 4 is 21.4 Å². The molecule has 114 valence electrons. The molecule has 3 atom stereocenters. The Morgan fingerprint density at radius 1 is 1.24 bits per heavy atom. The average molecular weight is 308 g/mol. The summed E-state index contributed by atoms with van der Waals surface area (Å²) in [6.45, 7) is 1.22. The van der Waals surface area contributed by atoms with Crippen molar-refractivity contribution in [1.82, 2.24) is 4.90 Å². The van der Waals surface area contributed by atoms with Gasteiger partial charge in [0, 0.05) is 30.6 Å². The van der Waals surface area contributed by atoms with Crippen LogP contribution in [0.5, 0.6) is 0 Å². The number of nitrogens with one attached hydrogen (secondary N) is 1. The van der Waals surface area contributed by atoms with E-state index in [-0.39, 0.29) is 28.7 Å². The van der Waals surface area contributed by atoms with Gasteiger partial charge >= 0.3 is 0 Å². The van der Waals surface area contributed by atoms with E-state index in [4.69, 9.17) is 0 Å². The molecule has 6 heteroatoms. The maximum absolute atomic E-state index is 12.5. The molecule has 5 nitrogen and oxygen atoms in total. The predicted molar refractivity (Wildman–Crippen MR) is 81.7 cm³/mol. The van der Waals surface area contributed by atoms with E-state index in [0.717, 1.165) is 5.69 Å². The quantitative estimate of drug-likeness (QED) is 0.885. The molecule has 21 heavy (non-hydrogen) atoms. The minimum Gasteiger partial charge on any atom is -0.326 e. The first-order valence-electron chi connectivity index (χ1n) is 7.23. The Morgan fingerprint density at radius 2 is 1.95 bits per heavy atom. The van der Waals surface area contributed by atoms with Crippen molar-refractivity contribution in [3.05, 3.63) is 30.3 Å². The molecule has 0 aromatic heterocycles. The number of rotatable bonds is 2. The molecular weight excluding hydrogens is 288 g/mol. The number of hydrogen-bond donors (Lipinski definition) is 1. The van der Waals surface area contributed by atoms with Crippen molar-refractivity contribution in [2.75, 3.05) is 31.2 Å². The summed E-state index contributed by atoms with van der Waals surface area (Å²) in [5.74, 6) is -0.239. The van der Waals surface area contributed by atoms with Gasteiger partial charge in [0.1, 0.15) is 0 Å². The van der Waals surface area contributed by atoms with Gasteiger partial charge in [0.15, 0.2) is 9.84 Å². The summed E-state index contributed by atoms with van der Waals surface area (Å²) in [6, 6.07) is 9.32. The fraction of sp³-hybridized carbons (Fsp3) is 0.533. The molecule has 0 bridgehead atoms. The maximum Gasteiger partial charge on any atom is 0.227 e. The zero-order chi connectivity index (χ0) is 15.0. The van der Waals surface area contributed by atoms with Crippen LogP contribution in [0.4, 0.5) is 5.69 Å². The highest BCUT2D eigenvalue weighted by Gasteiger charge is 2.49. The first-order chi connectivity index (χ1) is 9.97. The van der Waals surface area contributed by atoms with Crippen molar-refractivity contribution in [3.63, 3.8) is 0 Å². The fourth-order valence-electron chi connectivity index (χ4n) is 3.50. The van der Waals surface area contributed by atoms with Crippen molar-refractivity contribution in [1.29, 1.82) is 0 Å². The number of anilines is 1. The van der Waals surface area contributed by atoms with Crippen LogP contribution in [0.2, 0.25) is 0 Å². The Morgan fingerprint density at radius 3 is 2.67 bits per heavy atom. The van der Waals surface area contributed by atoms with Gasteiger partial charge in [-0.3, -0.25) is 4.79 Å². The lowest BCUT2D eigenvalue weighted by Gasteiger charge is -2.31. The molecule has 1 N–H and O–H groups in total. The van der Waals surface area contributed by atoms with Gasteiger partial charge in [-0.05, 0) is 25.6 Å². The van der Waals surface area contributed by atoms with E-state index in [0.29, 0.717) is 19.5 Å². The third-order valence-electron chi connectivity index (χ3n) is 4.56. The number of likely N-dealkylation sites (tertiary alicyclic amines) is 1. The standard InChI is InChI=1S/C15H20N2O3S/c1-17-9-13-12(7-8-21(19,20)14(13)10-17)15(18)16-11-5-3-2-4-6-11/h2-6,12-14H,7-10H2,1H3,(H,16,18)/t12-,13-,14-/m1/s1. The molecule has 2 fully saturated rings. The zero-order valence-electron chi connectivity index (χ0n) is 12.0. The monoisotopic (exact) mass is 308 g/mol. The van der Waals surface area contributed by atoms with Crippen molar-refractivity contribution < 1.29 is 13.2 Å². The lowest BCUT2D eigenvalue weighted by atomic mass is 9.87. The van der Waals surface area contributed by atoms with Crippen molar-refractivity contribution in [2.24, 2.45) is 11.8 Å². The molecule has 2 aliphatic rings. The summed E-state index contributed by atoms with van der Waals surface area (Å²) in [5, 5.41) is 2.53. The Kier molecular flexibility index (Phi) is 3.75. The first kappa shape index (κ1) is 14.5. The molecule has 0 saturated carbocycles. The van der Waals surface area contributed by atoms with E-state index >= 15 is 0 Å². The second kappa shape index (κ2) is 5.42. The van der Waals surface area contributed by atoms with Crippen LogP contribution in [0.15, 0.2) is 30.3 Å². The van der Waals surface area contributed by atoms with Gasteiger partial charge in [0.2, 0.25) is 5.91 Å². The molecule has 0 spiro atoms. The zero-order valence-corrected chi connectivity index (χ0v) is 12.8. The van der Waals surface area contributed by atoms with Gasteiger partial charge in [0.25, 0.3) is 0 Å². The smallest absolute Gasteiger partial charge is 0.227 e. The van der Waals surface area contributed by atoms with Crippen molar-refractivity contribution in [2.45, 2.75) is 11.7 Å². The van der Waals surface area contributed by atoms with Crippen LogP contribution < -0.4 is 5.32 Å². The highest BCUT2D eigenvalue weighted by atomic mass is 32.2. The predicted octanol–water partition coefficient (Wildman–Crippen LogP) is 0.990. The van der Waals surface area contributed by atoms with Gasteiger partial charge in [-0.1, -0.05) is 18.2 Å². The molecule has 0 aliphatic carbocycles. The molecule has 0 radical (unpaired) electrons. The summed E-state index contributed by atoms with van der Waals surface area (Å²) in [7, 11) is -1.14. The van der Waals surface area contributed by atoms with E-state index in [9.17, 15) is 13.2 Å². The second-order valence-electron chi connectivity index (χ2n) is 6.04. The van der Waals surface area contributed by atoms with E-state index in [2.05, 4.69) is 5.32 Å². The summed E-state index contributed by atoms with van der Waals surface area (Å²) in [6.07, 6.45) is 0.427. The Hall–Kier alpha value is -1.40. The maximum atomic E-state index is 12.5. The van der Waals surface area contributed by atoms with E-state index in [1.165, 1.54) is 0 Å². The van der Waals surface area contributed by atoms with Gasteiger partial charge < -0.3 is 10.2 Å². The van der Waals surface area contributed by atoms with Crippen LogP contribution in [0, 0.1) is 11.8 Å². The number of nitrogens with zero attached hydrogens (tertiary/aromatic N) is 1. The summed E-state index contributed by atoms with van der Waals surface area (Å²) in [5.41, 5.74) is 0.763. The highest BCUT2D eigenvalue weighted by Crippen LogP contribution is 2.36. The highest BCUT2D eigenvalue weighted by molar-refractivity contribution is 7.92. The van der Waals surface area contributed by atoms with Gasteiger partial charge in [-0.25, -0.2) is 8.42 Å². The van der Waals surface area contributed by atoms with Crippen LogP contribution in [0.25, 0.3) is 0 Å². The topological polar surface area (TPSA) is 66.5 Å². The molecule has 2 heterocycles. The third-order valence-corrected chi connectivity index (χ3v) is 6.79. The summed E-state index contributed by atoms with van der Waals surface area (Å²) in [4.78, 5) is 14.5. The van der Waals surface area contributed by atoms with Gasteiger partial charge in [-0.15, -0.1) is 0 Å². The number of sulfone groups is 1. The Bertz CT molecular complexity index is 630. The number of para-hydroxylation sites is 1. The number of carbonyl (C=O) groups is 1. The molecule has 1 aromatic carbocycles. The minimum absolute atomic E-state index is 0.0543. The van der Waals surface area contributed by atoms with Crippen LogP contribution >= 0.6 is 0 Å². The number of fused-ring (bicyclic) bond motifs is 1. The average Bonchev–Trinajstić information content (AvgIpc) is 2.83. The van der Waals surface area contributed by atoms with Crippen LogP contribution in [-0.4, -0.2) is 50.4 Å². The minimum atomic E-state index is -3.05. The number of carbonyl (C=O) groups excluding carboxylic acids is 1. The van der Waals surface area contributed by atoms with Crippen LogP contribution in [-0.2, 0) is 14.6 Å². The largest absolute Gasteiger partial charge is 0.326 e. The first-order valence-corrected chi connectivity index (χ1v) is 8.95. The van der Waals surface area contributed by atoms with Gasteiger partial charge in [-0.2, -0.15) is 0 Å². The number of amides is 1. The molecule has 2 saturated heterocycles. The number of hydrogen-bond acceptors (Lipinski definition) is 4. The van der Waals surface area contributed by atoms with Crippen LogP contribution in [0.1, 0.15) is 6.42 Å². The van der Waals surface area contributed by atoms with E-state index in [1.807, 2.05) is 42.3 Å².